The highest BCUT2D eigenvalue weighted by Gasteiger charge is 2.16. The molecule has 0 amide bonds. The number of nitrogens with two attached hydrogens (primary N) is 1. The quantitative estimate of drug-likeness (QED) is 0.299. The van der Waals surface area contributed by atoms with Gasteiger partial charge in [0.2, 0.25) is 0 Å². The van der Waals surface area contributed by atoms with Crippen LogP contribution in [0.15, 0.2) is 4.99 Å². The highest BCUT2D eigenvalue weighted by Crippen LogP contribution is 2.20. The molecule has 0 aliphatic heterocycles. The lowest BCUT2D eigenvalue weighted by molar-refractivity contribution is 0.604. The van der Waals surface area contributed by atoms with Crippen molar-refractivity contribution in [3.63, 3.8) is 0 Å². The summed E-state index contributed by atoms with van der Waals surface area (Å²) >= 11 is 0. The van der Waals surface area contributed by atoms with Crippen LogP contribution >= 0.6 is 0 Å². The molecule has 82 valence electrons. The molecule has 0 aromatic rings. The molecule has 14 heavy (non-hydrogen) atoms. The lowest BCUT2D eigenvalue weighted by Gasteiger charge is -2.08. The third-order valence-corrected chi connectivity index (χ3v) is 3.03. The fourth-order valence-corrected chi connectivity index (χ4v) is 2.27. The summed E-state index contributed by atoms with van der Waals surface area (Å²) in [5.74, 6) is 5.49. The van der Waals surface area contributed by atoms with Crippen LogP contribution < -0.4 is 11.3 Å². The monoisotopic (exact) mass is 219 g/mol. The molecule has 1 fully saturated rings. The van der Waals surface area contributed by atoms with Crippen LogP contribution in [0.2, 0.25) is 0 Å². The number of rotatable bonds is 3. The summed E-state index contributed by atoms with van der Waals surface area (Å²) in [7, 11) is -3.05. The van der Waals surface area contributed by atoms with Gasteiger partial charge < -0.3 is 5.43 Å². The predicted octanol–water partition coefficient (Wildman–Crippen LogP) is -0.165. The molecular weight excluding hydrogens is 202 g/mol. The maximum Gasteiger partial charge on any atom is 0.154 e. The Morgan fingerprint density at radius 2 is 2.07 bits per heavy atom. The van der Waals surface area contributed by atoms with E-state index in [1.807, 2.05) is 0 Å². The SMILES string of the molecule is CS(=O)(=O)CC(=NC1CCCC1)NN. The van der Waals surface area contributed by atoms with Crippen molar-refractivity contribution in [1.82, 2.24) is 5.43 Å². The van der Waals surface area contributed by atoms with Crippen LogP contribution in [-0.4, -0.2) is 32.3 Å². The predicted molar refractivity (Wildman–Crippen MR) is 56.7 cm³/mol. The van der Waals surface area contributed by atoms with E-state index in [0.717, 1.165) is 12.8 Å². The molecule has 0 heterocycles. The minimum absolute atomic E-state index is 0.0972. The Labute approximate surface area is 84.7 Å². The van der Waals surface area contributed by atoms with E-state index in [2.05, 4.69) is 10.4 Å². The zero-order valence-electron chi connectivity index (χ0n) is 8.36. The molecule has 0 spiro atoms. The van der Waals surface area contributed by atoms with Crippen molar-refractivity contribution in [2.45, 2.75) is 31.7 Å². The Kier molecular flexibility index (Phi) is 3.88. The number of aliphatic imine (C=N–C) groups is 1. The molecule has 0 unspecified atom stereocenters. The van der Waals surface area contributed by atoms with E-state index in [9.17, 15) is 8.42 Å². The summed E-state index contributed by atoms with van der Waals surface area (Å²) in [5.41, 5.74) is 2.36. The standard InChI is InChI=1S/C8H17N3O2S/c1-14(12,13)6-8(11-9)10-7-4-2-3-5-7/h7H,2-6,9H2,1H3,(H,10,11). The fraction of sp³-hybridized carbons (Fsp3) is 0.875. The average molecular weight is 219 g/mol. The van der Waals surface area contributed by atoms with E-state index < -0.39 is 9.84 Å². The second-order valence-corrected chi connectivity index (χ2v) is 5.87. The van der Waals surface area contributed by atoms with Crippen molar-refractivity contribution >= 4 is 15.7 Å². The van der Waals surface area contributed by atoms with Gasteiger partial charge in [-0.05, 0) is 12.8 Å². The lowest BCUT2D eigenvalue weighted by atomic mass is 10.3. The van der Waals surface area contributed by atoms with Crippen LogP contribution in [-0.2, 0) is 9.84 Å². The lowest BCUT2D eigenvalue weighted by Crippen LogP contribution is -2.36. The molecule has 1 saturated carbocycles. The maximum atomic E-state index is 11.0. The molecule has 1 rings (SSSR count). The average Bonchev–Trinajstić information content (AvgIpc) is 2.53. The summed E-state index contributed by atoms with van der Waals surface area (Å²) in [5, 5.41) is 0. The highest BCUT2D eigenvalue weighted by molar-refractivity contribution is 7.91. The molecule has 0 aromatic heterocycles. The summed E-state index contributed by atoms with van der Waals surface area (Å²) in [6.45, 7) is 0. The van der Waals surface area contributed by atoms with Crippen molar-refractivity contribution in [2.24, 2.45) is 10.8 Å². The molecule has 0 saturated heterocycles. The Hall–Kier alpha value is -0.620. The largest absolute Gasteiger partial charge is 0.311 e. The molecule has 0 aromatic carbocycles. The van der Waals surface area contributed by atoms with Gasteiger partial charge in [0.25, 0.3) is 0 Å². The van der Waals surface area contributed by atoms with E-state index in [0.29, 0.717) is 5.84 Å². The summed E-state index contributed by atoms with van der Waals surface area (Å²) in [6.07, 6.45) is 5.59. The van der Waals surface area contributed by atoms with Crippen molar-refractivity contribution < 1.29 is 8.42 Å². The summed E-state index contributed by atoms with van der Waals surface area (Å²) in [6, 6.07) is 0.253. The van der Waals surface area contributed by atoms with E-state index in [1.165, 1.54) is 19.1 Å². The number of sulfone groups is 1. The van der Waals surface area contributed by atoms with Gasteiger partial charge in [0.15, 0.2) is 9.84 Å². The van der Waals surface area contributed by atoms with Gasteiger partial charge in [0.1, 0.15) is 11.6 Å². The Bertz CT molecular complexity index is 305. The fourth-order valence-electron chi connectivity index (χ4n) is 1.62. The van der Waals surface area contributed by atoms with E-state index in [4.69, 9.17) is 5.84 Å². The Balaban J connectivity index is 2.60. The van der Waals surface area contributed by atoms with Gasteiger partial charge in [0, 0.05) is 6.26 Å². The van der Waals surface area contributed by atoms with E-state index >= 15 is 0 Å². The van der Waals surface area contributed by atoms with Gasteiger partial charge in [0.05, 0.1) is 6.04 Å². The molecule has 3 N–H and O–H groups in total. The minimum atomic E-state index is -3.05. The number of hydrogen-bond acceptors (Lipinski definition) is 4. The van der Waals surface area contributed by atoms with E-state index in [1.54, 1.807) is 0 Å². The van der Waals surface area contributed by atoms with Crippen LogP contribution in [0, 0.1) is 0 Å². The molecule has 1 aliphatic carbocycles. The number of hydrogen-bond donors (Lipinski definition) is 2. The molecule has 5 nitrogen and oxygen atoms in total. The third-order valence-electron chi connectivity index (χ3n) is 2.23. The van der Waals surface area contributed by atoms with Gasteiger partial charge in [-0.15, -0.1) is 0 Å². The third kappa shape index (κ3) is 4.06. The molecule has 0 atom stereocenters. The molecular formula is C8H17N3O2S. The van der Waals surface area contributed by atoms with Crippen molar-refractivity contribution in [3.05, 3.63) is 0 Å². The number of nitrogens with zero attached hydrogens (tertiary/aromatic N) is 1. The van der Waals surface area contributed by atoms with Crippen molar-refractivity contribution in [1.29, 1.82) is 0 Å². The number of nitrogens with one attached hydrogen (secondary N) is 1. The van der Waals surface area contributed by atoms with Crippen LogP contribution in [0.4, 0.5) is 0 Å². The first-order valence-corrected chi connectivity index (χ1v) is 6.78. The zero-order valence-corrected chi connectivity index (χ0v) is 9.18. The first-order chi connectivity index (χ1) is 6.51. The molecule has 0 radical (unpaired) electrons. The number of amidine groups is 1. The first-order valence-electron chi connectivity index (χ1n) is 4.72. The zero-order chi connectivity index (χ0) is 10.6. The summed E-state index contributed by atoms with van der Waals surface area (Å²) < 4.78 is 22.0. The van der Waals surface area contributed by atoms with Gasteiger partial charge in [-0.25, -0.2) is 14.3 Å². The smallest absolute Gasteiger partial charge is 0.154 e. The first kappa shape index (κ1) is 11.5. The van der Waals surface area contributed by atoms with E-state index in [-0.39, 0.29) is 11.8 Å². The Morgan fingerprint density at radius 3 is 2.50 bits per heavy atom. The van der Waals surface area contributed by atoms with Gasteiger partial charge in [-0.1, -0.05) is 12.8 Å². The maximum absolute atomic E-state index is 11.0. The molecule has 0 bridgehead atoms. The van der Waals surface area contributed by atoms with Crippen molar-refractivity contribution in [3.8, 4) is 0 Å². The van der Waals surface area contributed by atoms with Crippen LogP contribution in [0.5, 0.6) is 0 Å². The van der Waals surface area contributed by atoms with Crippen molar-refractivity contribution in [2.75, 3.05) is 12.0 Å². The second kappa shape index (κ2) is 4.75. The molecule has 1 aliphatic rings. The van der Waals surface area contributed by atoms with Crippen LogP contribution in [0.3, 0.4) is 0 Å². The molecule has 6 heteroatoms. The van der Waals surface area contributed by atoms with Gasteiger partial charge in [-0.2, -0.15) is 0 Å². The normalized spacial score (nSPS) is 20.0. The topological polar surface area (TPSA) is 84.5 Å². The van der Waals surface area contributed by atoms with Gasteiger partial charge in [-0.3, -0.25) is 4.99 Å². The second-order valence-electron chi connectivity index (χ2n) is 3.73. The van der Waals surface area contributed by atoms with Crippen LogP contribution in [0.25, 0.3) is 0 Å². The minimum Gasteiger partial charge on any atom is -0.311 e. The van der Waals surface area contributed by atoms with Crippen LogP contribution in [0.1, 0.15) is 25.7 Å². The number of hydrazine groups is 1. The highest BCUT2D eigenvalue weighted by atomic mass is 32.2. The Morgan fingerprint density at radius 1 is 1.50 bits per heavy atom. The van der Waals surface area contributed by atoms with Gasteiger partial charge >= 0.3 is 0 Å². The summed E-state index contributed by atoms with van der Waals surface area (Å²) in [4.78, 5) is 4.28.